The Balaban J connectivity index is 0. The van der Waals surface area contributed by atoms with E-state index in [4.69, 9.17) is 20.4 Å². The molecule has 0 atom stereocenters. The normalized spacial score (nSPS) is 11.0. The molecular weight excluding hydrogens is 248 g/mol. The Hall–Kier alpha value is -2.64. The molecule has 4 N–H and O–H groups in total. The van der Waals surface area contributed by atoms with E-state index < -0.39 is 23.9 Å². The third-order valence-corrected chi connectivity index (χ3v) is 1.57. The molecule has 0 unspecified atom stereocenters. The van der Waals surface area contributed by atoms with Gasteiger partial charge in [-0.2, -0.15) is 0 Å². The van der Waals surface area contributed by atoms with E-state index in [1.807, 2.05) is 0 Å². The Bertz CT molecular complexity index is 378. The van der Waals surface area contributed by atoms with Crippen molar-refractivity contribution in [3.63, 3.8) is 0 Å². The number of hydrogen-bond acceptors (Lipinski definition) is 4. The second-order valence-electron chi connectivity index (χ2n) is 2.87. The molecule has 8 nitrogen and oxygen atoms in total. The highest BCUT2D eigenvalue weighted by atomic mass is 16.4. The van der Waals surface area contributed by atoms with Crippen LogP contribution < -0.4 is 0 Å². The first-order valence-corrected chi connectivity index (χ1v) is 4.37. The molecule has 0 saturated carbocycles. The SMILES string of the molecule is C/C(C(=O)O)=C(/C)C(=O)O.O=C(O)/C=C/C(=O)O. The number of aliphatic carboxylic acids is 4. The lowest BCUT2D eigenvalue weighted by Gasteiger charge is -1.95. The fraction of sp³-hybridized carbons (Fsp3) is 0.200. The molecule has 0 spiro atoms. The molecule has 0 saturated heterocycles. The fourth-order valence-corrected chi connectivity index (χ4v) is 0.463. The molecule has 0 aliphatic heterocycles. The van der Waals surface area contributed by atoms with Gasteiger partial charge in [-0.25, -0.2) is 19.2 Å². The van der Waals surface area contributed by atoms with Crippen molar-refractivity contribution in [2.24, 2.45) is 0 Å². The highest BCUT2D eigenvalue weighted by Crippen LogP contribution is 2.02. The van der Waals surface area contributed by atoms with E-state index in [0.29, 0.717) is 12.2 Å². The van der Waals surface area contributed by atoms with Crippen molar-refractivity contribution in [3.8, 4) is 0 Å². The largest absolute Gasteiger partial charge is 0.478 e. The van der Waals surface area contributed by atoms with Crippen LogP contribution in [0.15, 0.2) is 23.3 Å². The Morgan fingerprint density at radius 1 is 0.667 bits per heavy atom. The Morgan fingerprint density at radius 2 is 0.889 bits per heavy atom. The summed E-state index contributed by atoms with van der Waals surface area (Å²) in [4.78, 5) is 39.4. The van der Waals surface area contributed by atoms with Gasteiger partial charge in [0.15, 0.2) is 0 Å². The highest BCUT2D eigenvalue weighted by molar-refractivity contribution is 5.97. The minimum atomic E-state index is -1.26. The molecule has 0 aromatic carbocycles. The number of carboxylic acids is 4. The maximum absolute atomic E-state index is 10.1. The fourth-order valence-electron chi connectivity index (χ4n) is 0.463. The minimum absolute atomic E-state index is 0.132. The number of carbonyl (C=O) groups is 4. The van der Waals surface area contributed by atoms with Crippen molar-refractivity contribution in [2.75, 3.05) is 0 Å². The molecule has 8 heteroatoms. The van der Waals surface area contributed by atoms with Gasteiger partial charge in [0.2, 0.25) is 0 Å². The van der Waals surface area contributed by atoms with Gasteiger partial charge in [0.25, 0.3) is 0 Å². The van der Waals surface area contributed by atoms with Crippen molar-refractivity contribution in [3.05, 3.63) is 23.3 Å². The van der Waals surface area contributed by atoms with Gasteiger partial charge in [0.05, 0.1) is 0 Å². The highest BCUT2D eigenvalue weighted by Gasteiger charge is 2.09. The average molecular weight is 260 g/mol. The van der Waals surface area contributed by atoms with E-state index in [1.54, 1.807) is 0 Å². The zero-order chi connectivity index (χ0) is 14.9. The summed E-state index contributed by atoms with van der Waals surface area (Å²) in [5.41, 5.74) is -0.264. The smallest absolute Gasteiger partial charge is 0.331 e. The van der Waals surface area contributed by atoms with Crippen LogP contribution in [0.25, 0.3) is 0 Å². The van der Waals surface area contributed by atoms with E-state index in [2.05, 4.69) is 0 Å². The molecule has 0 aromatic heterocycles. The summed E-state index contributed by atoms with van der Waals surface area (Å²) in [5.74, 6) is -4.90. The van der Waals surface area contributed by atoms with Crippen LogP contribution >= 0.6 is 0 Å². The molecule has 0 radical (unpaired) electrons. The molecule has 0 bridgehead atoms. The summed E-state index contributed by atoms with van der Waals surface area (Å²) in [6, 6.07) is 0. The molecule has 0 heterocycles. The summed E-state index contributed by atoms with van der Waals surface area (Å²) in [7, 11) is 0. The predicted octanol–water partition coefficient (Wildman–Crippen LogP) is 0.204. The van der Waals surface area contributed by atoms with Crippen LogP contribution in [0.4, 0.5) is 0 Å². The van der Waals surface area contributed by atoms with Crippen molar-refractivity contribution >= 4 is 23.9 Å². The maximum Gasteiger partial charge on any atom is 0.331 e. The Morgan fingerprint density at radius 3 is 1.00 bits per heavy atom. The van der Waals surface area contributed by atoms with Crippen LogP contribution in [0.1, 0.15) is 13.8 Å². The first-order valence-electron chi connectivity index (χ1n) is 4.37. The third-order valence-electron chi connectivity index (χ3n) is 1.57. The summed E-state index contributed by atoms with van der Waals surface area (Å²) in [5, 5.41) is 32.2. The second kappa shape index (κ2) is 8.50. The quantitative estimate of drug-likeness (QED) is 0.523. The van der Waals surface area contributed by atoms with Gasteiger partial charge in [-0.1, -0.05) is 0 Å². The maximum atomic E-state index is 10.1. The zero-order valence-electron chi connectivity index (χ0n) is 9.58. The second-order valence-corrected chi connectivity index (χ2v) is 2.87. The number of hydrogen-bond donors (Lipinski definition) is 4. The monoisotopic (exact) mass is 260 g/mol. The summed E-state index contributed by atoms with van der Waals surface area (Å²) in [6.45, 7) is 2.51. The lowest BCUT2D eigenvalue weighted by molar-refractivity contribution is -0.135. The number of carboxylic acid groups (broad SMARTS) is 4. The number of rotatable bonds is 4. The van der Waals surface area contributed by atoms with Crippen molar-refractivity contribution in [1.82, 2.24) is 0 Å². The van der Waals surface area contributed by atoms with E-state index in [0.717, 1.165) is 0 Å². The van der Waals surface area contributed by atoms with E-state index >= 15 is 0 Å². The third kappa shape index (κ3) is 9.90. The molecule has 100 valence electrons. The van der Waals surface area contributed by atoms with Crippen LogP contribution in [0.5, 0.6) is 0 Å². The van der Waals surface area contributed by atoms with Crippen LogP contribution in [0, 0.1) is 0 Å². The van der Waals surface area contributed by atoms with Crippen LogP contribution in [0.3, 0.4) is 0 Å². The van der Waals surface area contributed by atoms with E-state index in [1.165, 1.54) is 13.8 Å². The summed E-state index contributed by atoms with van der Waals surface area (Å²) < 4.78 is 0. The molecule has 0 aliphatic rings. The lowest BCUT2D eigenvalue weighted by atomic mass is 10.1. The molecule has 0 aliphatic carbocycles. The van der Waals surface area contributed by atoms with Gasteiger partial charge >= 0.3 is 23.9 Å². The minimum Gasteiger partial charge on any atom is -0.478 e. The molecule has 0 fully saturated rings. The van der Waals surface area contributed by atoms with Gasteiger partial charge in [-0.05, 0) is 13.8 Å². The molecule has 0 amide bonds. The van der Waals surface area contributed by atoms with Crippen LogP contribution in [0.2, 0.25) is 0 Å². The molecule has 0 aromatic rings. The zero-order valence-corrected chi connectivity index (χ0v) is 9.58. The summed E-state index contributed by atoms with van der Waals surface area (Å²) >= 11 is 0. The van der Waals surface area contributed by atoms with Crippen molar-refractivity contribution in [1.29, 1.82) is 0 Å². The van der Waals surface area contributed by atoms with E-state index in [9.17, 15) is 19.2 Å². The average Bonchev–Trinajstić information content (AvgIpc) is 2.24. The van der Waals surface area contributed by atoms with Crippen molar-refractivity contribution < 1.29 is 39.6 Å². The van der Waals surface area contributed by atoms with Gasteiger partial charge in [0, 0.05) is 23.3 Å². The predicted molar refractivity (Wildman–Crippen MR) is 58.1 cm³/mol. The summed E-state index contributed by atoms with van der Waals surface area (Å²) in [6.07, 6.45) is 1.12. The van der Waals surface area contributed by atoms with Crippen molar-refractivity contribution in [2.45, 2.75) is 13.8 Å². The molecular formula is C10H12O8. The standard InChI is InChI=1S/C6H8O4.C4H4O4/c1-3(5(7)8)4(2)6(9)10;5-3(6)1-2-4(7)8/h1-2H3,(H,7,8)(H,9,10);1-2H,(H,5,6)(H,7,8)/b4-3+;2-1+. The van der Waals surface area contributed by atoms with Gasteiger partial charge in [-0.15, -0.1) is 0 Å². The Labute approximate surface area is 101 Å². The topological polar surface area (TPSA) is 149 Å². The van der Waals surface area contributed by atoms with Gasteiger partial charge in [-0.3, -0.25) is 0 Å². The first kappa shape index (κ1) is 17.7. The van der Waals surface area contributed by atoms with Gasteiger partial charge in [0.1, 0.15) is 0 Å². The van der Waals surface area contributed by atoms with Crippen LogP contribution in [-0.4, -0.2) is 44.3 Å². The first-order chi connectivity index (χ1) is 8.09. The molecule has 0 rings (SSSR count). The lowest BCUT2D eigenvalue weighted by Crippen LogP contribution is -2.06. The Kier molecular flexibility index (Phi) is 8.38. The van der Waals surface area contributed by atoms with Crippen LogP contribution in [-0.2, 0) is 19.2 Å². The molecule has 18 heavy (non-hydrogen) atoms. The van der Waals surface area contributed by atoms with Gasteiger partial charge < -0.3 is 20.4 Å². The van der Waals surface area contributed by atoms with E-state index in [-0.39, 0.29) is 11.1 Å².